The fourth-order valence-corrected chi connectivity index (χ4v) is 2.87. The van der Waals surface area contributed by atoms with Gasteiger partial charge < -0.3 is 10.1 Å². The van der Waals surface area contributed by atoms with E-state index in [1.54, 1.807) is 36.4 Å². The zero-order valence-corrected chi connectivity index (χ0v) is 16.4. The summed E-state index contributed by atoms with van der Waals surface area (Å²) < 4.78 is 5.89. The monoisotopic (exact) mass is 393 g/mol. The van der Waals surface area contributed by atoms with Crippen molar-refractivity contribution < 1.29 is 9.53 Å². The van der Waals surface area contributed by atoms with E-state index < -0.39 is 5.91 Å². The van der Waals surface area contributed by atoms with Gasteiger partial charge in [-0.1, -0.05) is 48.5 Å². The Morgan fingerprint density at radius 3 is 2.57 bits per heavy atom. The third-order valence-corrected chi connectivity index (χ3v) is 4.38. The molecule has 5 heteroatoms. The summed E-state index contributed by atoms with van der Waals surface area (Å²) in [7, 11) is 0. The number of carbonyl (C=O) groups excluding carboxylic acids is 1. The van der Waals surface area contributed by atoms with Gasteiger partial charge >= 0.3 is 0 Å². The molecule has 0 spiro atoms. The van der Waals surface area contributed by atoms with Crippen molar-refractivity contribution in [1.29, 1.82) is 10.5 Å². The smallest absolute Gasteiger partial charge is 0.266 e. The van der Waals surface area contributed by atoms with Crippen LogP contribution in [0.15, 0.2) is 78.4 Å². The van der Waals surface area contributed by atoms with Crippen LogP contribution in [-0.2, 0) is 11.4 Å². The molecule has 1 amide bonds. The molecule has 0 unspecified atom stereocenters. The van der Waals surface area contributed by atoms with Gasteiger partial charge in [-0.15, -0.1) is 0 Å². The molecule has 30 heavy (non-hydrogen) atoms. The molecule has 5 nitrogen and oxygen atoms in total. The molecular formula is C25H19N3O2. The fraction of sp³-hybridized carbons (Fsp3) is 0.0800. The average Bonchev–Trinajstić information content (AvgIpc) is 2.76. The summed E-state index contributed by atoms with van der Waals surface area (Å²) in [6, 6.07) is 25.8. The molecule has 3 rings (SSSR count). The SMILES string of the molecule is Cc1cccc(NC(=O)/C(C#N)=C/c2ccccc2OCc2ccccc2C#N)c1. The largest absolute Gasteiger partial charge is 0.488 e. The standard InChI is InChI=1S/C25H19N3O2/c1-18-7-6-11-23(13-18)28-25(29)22(16-27)14-19-8-4-5-12-24(19)30-17-21-10-3-2-9-20(21)15-26/h2-14H,17H2,1H3,(H,28,29)/b22-14+. The zero-order chi connectivity index (χ0) is 21.3. The number of carbonyl (C=O) groups is 1. The zero-order valence-electron chi connectivity index (χ0n) is 16.4. The minimum absolute atomic E-state index is 0.0371. The number of hydrogen-bond acceptors (Lipinski definition) is 4. The van der Waals surface area contributed by atoms with Crippen LogP contribution in [0.25, 0.3) is 6.08 Å². The molecule has 0 fully saturated rings. The van der Waals surface area contributed by atoms with Crippen LogP contribution in [0.2, 0.25) is 0 Å². The fourth-order valence-electron chi connectivity index (χ4n) is 2.87. The average molecular weight is 393 g/mol. The van der Waals surface area contributed by atoms with Crippen LogP contribution >= 0.6 is 0 Å². The molecular weight excluding hydrogens is 374 g/mol. The predicted octanol–water partition coefficient (Wildman–Crippen LogP) is 4.99. The number of hydrogen-bond donors (Lipinski definition) is 1. The van der Waals surface area contributed by atoms with Crippen molar-refractivity contribution in [2.45, 2.75) is 13.5 Å². The van der Waals surface area contributed by atoms with Crippen LogP contribution in [0.3, 0.4) is 0 Å². The normalized spacial score (nSPS) is 10.6. The highest BCUT2D eigenvalue weighted by Gasteiger charge is 2.12. The summed E-state index contributed by atoms with van der Waals surface area (Å²) in [6.07, 6.45) is 1.50. The van der Waals surface area contributed by atoms with Crippen LogP contribution in [0.5, 0.6) is 5.75 Å². The summed E-state index contributed by atoms with van der Waals surface area (Å²) in [5, 5.41) is 21.5. The van der Waals surface area contributed by atoms with Gasteiger partial charge in [0.25, 0.3) is 5.91 Å². The maximum atomic E-state index is 12.6. The first-order valence-corrected chi connectivity index (χ1v) is 9.30. The van der Waals surface area contributed by atoms with E-state index in [-0.39, 0.29) is 12.2 Å². The van der Waals surface area contributed by atoms with E-state index in [4.69, 9.17) is 4.74 Å². The molecule has 0 saturated heterocycles. The van der Waals surface area contributed by atoms with E-state index in [0.717, 1.165) is 11.1 Å². The van der Waals surface area contributed by atoms with Gasteiger partial charge in [0.2, 0.25) is 0 Å². The molecule has 146 valence electrons. The molecule has 0 aromatic heterocycles. The highest BCUT2D eigenvalue weighted by Crippen LogP contribution is 2.23. The Balaban J connectivity index is 1.81. The quantitative estimate of drug-likeness (QED) is 0.472. The Morgan fingerprint density at radius 2 is 1.80 bits per heavy atom. The minimum atomic E-state index is -0.493. The second-order valence-electron chi connectivity index (χ2n) is 6.59. The van der Waals surface area contributed by atoms with Crippen molar-refractivity contribution in [3.63, 3.8) is 0 Å². The van der Waals surface area contributed by atoms with Crippen molar-refractivity contribution in [1.82, 2.24) is 0 Å². The van der Waals surface area contributed by atoms with Gasteiger partial charge in [-0.3, -0.25) is 4.79 Å². The van der Waals surface area contributed by atoms with Gasteiger partial charge in [0.15, 0.2) is 0 Å². The summed E-state index contributed by atoms with van der Waals surface area (Å²) in [5.74, 6) is 0.0223. The van der Waals surface area contributed by atoms with Gasteiger partial charge in [0, 0.05) is 16.8 Å². The van der Waals surface area contributed by atoms with Gasteiger partial charge in [-0.25, -0.2) is 0 Å². The maximum Gasteiger partial charge on any atom is 0.266 e. The molecule has 0 atom stereocenters. The molecule has 0 aliphatic rings. The number of rotatable bonds is 6. The second kappa shape index (κ2) is 9.73. The maximum absolute atomic E-state index is 12.6. The van der Waals surface area contributed by atoms with E-state index in [1.165, 1.54) is 6.08 Å². The first kappa shape index (κ1) is 20.4. The first-order valence-electron chi connectivity index (χ1n) is 9.30. The van der Waals surface area contributed by atoms with E-state index in [0.29, 0.717) is 22.6 Å². The van der Waals surface area contributed by atoms with Crippen LogP contribution in [-0.4, -0.2) is 5.91 Å². The number of nitrogens with zero attached hydrogens (tertiary/aromatic N) is 2. The van der Waals surface area contributed by atoms with Crippen molar-refractivity contribution in [2.75, 3.05) is 5.32 Å². The number of para-hydroxylation sites is 1. The van der Waals surface area contributed by atoms with E-state index >= 15 is 0 Å². The summed E-state index contributed by atoms with van der Waals surface area (Å²) in [6.45, 7) is 2.13. The summed E-state index contributed by atoms with van der Waals surface area (Å²) >= 11 is 0. The van der Waals surface area contributed by atoms with Crippen molar-refractivity contribution in [2.24, 2.45) is 0 Å². The van der Waals surface area contributed by atoms with Crippen molar-refractivity contribution in [3.8, 4) is 17.9 Å². The highest BCUT2D eigenvalue weighted by molar-refractivity contribution is 6.09. The molecule has 0 bridgehead atoms. The first-order chi connectivity index (χ1) is 14.6. The minimum Gasteiger partial charge on any atom is -0.488 e. The van der Waals surface area contributed by atoms with Crippen LogP contribution in [0.4, 0.5) is 5.69 Å². The second-order valence-corrected chi connectivity index (χ2v) is 6.59. The Kier molecular flexibility index (Phi) is 6.61. The van der Waals surface area contributed by atoms with Crippen molar-refractivity contribution in [3.05, 3.63) is 101 Å². The number of nitriles is 2. The number of nitrogens with one attached hydrogen (secondary N) is 1. The van der Waals surface area contributed by atoms with E-state index in [2.05, 4.69) is 11.4 Å². The topological polar surface area (TPSA) is 85.9 Å². The number of aryl methyl sites for hydroxylation is 1. The van der Waals surface area contributed by atoms with Gasteiger partial charge in [-0.05, 0) is 42.8 Å². The molecule has 1 N–H and O–H groups in total. The lowest BCUT2D eigenvalue weighted by Crippen LogP contribution is -2.13. The third kappa shape index (κ3) is 5.13. The molecule has 3 aromatic rings. The Bertz CT molecular complexity index is 1180. The molecule has 3 aromatic carbocycles. The number of amides is 1. The number of anilines is 1. The molecule has 0 saturated carbocycles. The Labute approximate surface area is 175 Å². The Hall–Kier alpha value is -4.35. The van der Waals surface area contributed by atoms with Gasteiger partial charge in [-0.2, -0.15) is 10.5 Å². The van der Waals surface area contributed by atoms with Crippen LogP contribution in [0.1, 0.15) is 22.3 Å². The van der Waals surface area contributed by atoms with E-state index in [9.17, 15) is 15.3 Å². The lowest BCUT2D eigenvalue weighted by molar-refractivity contribution is -0.112. The van der Waals surface area contributed by atoms with Gasteiger partial charge in [0.05, 0.1) is 11.6 Å². The lowest BCUT2D eigenvalue weighted by Gasteiger charge is -2.11. The summed E-state index contributed by atoms with van der Waals surface area (Å²) in [5.41, 5.74) is 3.50. The highest BCUT2D eigenvalue weighted by atomic mass is 16.5. The molecule has 0 aliphatic carbocycles. The Morgan fingerprint density at radius 1 is 1.03 bits per heavy atom. The third-order valence-electron chi connectivity index (χ3n) is 4.38. The van der Waals surface area contributed by atoms with Crippen molar-refractivity contribution >= 4 is 17.7 Å². The predicted molar refractivity (Wildman–Crippen MR) is 115 cm³/mol. The number of ether oxygens (including phenoxy) is 1. The van der Waals surface area contributed by atoms with E-state index in [1.807, 2.05) is 49.4 Å². The van der Waals surface area contributed by atoms with Crippen LogP contribution < -0.4 is 10.1 Å². The lowest BCUT2D eigenvalue weighted by atomic mass is 10.1. The van der Waals surface area contributed by atoms with Crippen LogP contribution in [0, 0.1) is 29.6 Å². The molecule has 0 radical (unpaired) electrons. The van der Waals surface area contributed by atoms with Gasteiger partial charge in [0.1, 0.15) is 24.0 Å². The molecule has 0 aliphatic heterocycles. The summed E-state index contributed by atoms with van der Waals surface area (Å²) in [4.78, 5) is 12.6. The molecule has 0 heterocycles. The number of benzene rings is 3.